The summed E-state index contributed by atoms with van der Waals surface area (Å²) in [4.78, 5) is 0. The Morgan fingerprint density at radius 2 is 0.885 bits per heavy atom. The van der Waals surface area contributed by atoms with Gasteiger partial charge in [-0.25, -0.2) is 0 Å². The van der Waals surface area contributed by atoms with Crippen LogP contribution in [0.4, 0.5) is 0 Å². The van der Waals surface area contributed by atoms with Crippen LogP contribution in [0.15, 0.2) is 72.8 Å². The third-order valence-electron chi connectivity index (χ3n) is 5.43. The van der Waals surface area contributed by atoms with E-state index in [0.29, 0.717) is 0 Å². The van der Waals surface area contributed by atoms with Gasteiger partial charge in [0.2, 0.25) is 0 Å². The highest BCUT2D eigenvalue weighted by molar-refractivity contribution is 7.40. The molecule has 2 aromatic carbocycles. The average Bonchev–Trinajstić information content (AvgIpc) is 3.23. The summed E-state index contributed by atoms with van der Waals surface area (Å²) >= 11 is 4.05. The molecule has 0 spiro atoms. The van der Waals surface area contributed by atoms with E-state index in [-0.39, 0.29) is 0 Å². The fourth-order valence-corrected chi connectivity index (χ4v) is 12.6. The molecule has 0 unspecified atom stereocenters. The molecule has 132 valence electrons. The minimum absolute atomic E-state index is 1.48. The first kappa shape index (κ1) is 17.9. The van der Waals surface area contributed by atoms with Crippen LogP contribution in [0.5, 0.6) is 0 Å². The highest BCUT2D eigenvalue weighted by Gasteiger charge is 2.31. The number of benzene rings is 2. The molecule has 0 radical (unpaired) electrons. The molecule has 0 saturated heterocycles. The highest BCUT2D eigenvalue weighted by atomic mass is 32.1. The lowest BCUT2D eigenvalue weighted by Crippen LogP contribution is -2.51. The van der Waals surface area contributed by atoms with Gasteiger partial charge < -0.3 is 0 Å². The molecule has 0 N–H and O–H groups in total. The standard InChI is InChI=1S/C22H24S2Si2/c1-25(2,17-11-7-5-8-12-17)21-15-19-20(23-21)16-22(24-19)26(3,4)18-13-9-6-10-14-18/h5-16H,1-4H3. The first-order valence-corrected chi connectivity index (χ1v) is 16.7. The van der Waals surface area contributed by atoms with Crippen LogP contribution in [0.25, 0.3) is 9.40 Å². The molecule has 0 saturated carbocycles. The van der Waals surface area contributed by atoms with Gasteiger partial charge in [0.05, 0.1) is 0 Å². The summed E-state index contributed by atoms with van der Waals surface area (Å²) in [7, 11) is -3.19. The Balaban J connectivity index is 1.72. The Hall–Kier alpha value is -1.47. The zero-order chi connectivity index (χ0) is 18.4. The molecule has 0 nitrogen and oxygen atoms in total. The summed E-state index contributed by atoms with van der Waals surface area (Å²) < 4.78 is 6.15. The van der Waals surface area contributed by atoms with Gasteiger partial charge in [0.1, 0.15) is 16.1 Å². The van der Waals surface area contributed by atoms with Crippen LogP contribution in [0.1, 0.15) is 0 Å². The topological polar surface area (TPSA) is 0 Å². The van der Waals surface area contributed by atoms with Gasteiger partial charge in [-0.3, -0.25) is 0 Å². The van der Waals surface area contributed by atoms with Crippen molar-refractivity contribution >= 4 is 67.6 Å². The maximum Gasteiger partial charge on any atom is 0.124 e. The molecule has 0 aliphatic heterocycles. The van der Waals surface area contributed by atoms with E-state index in [9.17, 15) is 0 Å². The Bertz CT molecular complexity index is 915. The van der Waals surface area contributed by atoms with E-state index in [1.807, 2.05) is 22.7 Å². The number of thiophene rings is 2. The van der Waals surface area contributed by atoms with Crippen molar-refractivity contribution in [2.45, 2.75) is 26.2 Å². The van der Waals surface area contributed by atoms with Crippen LogP contribution >= 0.6 is 22.7 Å². The fraction of sp³-hybridized carbons (Fsp3) is 0.182. The van der Waals surface area contributed by atoms with Gasteiger partial charge in [-0.15, -0.1) is 22.7 Å². The van der Waals surface area contributed by atoms with Gasteiger partial charge in [-0.05, 0) is 21.1 Å². The first-order chi connectivity index (χ1) is 12.4. The zero-order valence-electron chi connectivity index (χ0n) is 15.7. The van der Waals surface area contributed by atoms with Gasteiger partial charge in [-0.2, -0.15) is 0 Å². The molecule has 0 bridgehead atoms. The molecule has 4 heteroatoms. The van der Waals surface area contributed by atoms with E-state index in [0.717, 1.165) is 0 Å². The average molecular weight is 409 g/mol. The van der Waals surface area contributed by atoms with Gasteiger partial charge >= 0.3 is 0 Å². The maximum absolute atomic E-state index is 2.49. The number of hydrogen-bond acceptors (Lipinski definition) is 2. The lowest BCUT2D eigenvalue weighted by atomic mass is 10.4. The summed E-state index contributed by atoms with van der Waals surface area (Å²) in [5, 5.41) is 3.04. The molecular formula is C22H24S2Si2. The molecule has 0 aliphatic rings. The van der Waals surface area contributed by atoms with Crippen molar-refractivity contribution in [3.05, 3.63) is 72.8 Å². The molecule has 2 heterocycles. The molecule has 0 atom stereocenters. The zero-order valence-corrected chi connectivity index (χ0v) is 19.4. The Kier molecular flexibility index (Phi) is 4.55. The van der Waals surface area contributed by atoms with Crippen molar-refractivity contribution in [2.24, 2.45) is 0 Å². The van der Waals surface area contributed by atoms with E-state index < -0.39 is 16.1 Å². The lowest BCUT2D eigenvalue weighted by molar-refractivity contribution is 1.71. The molecule has 0 amide bonds. The molecular weight excluding hydrogens is 385 g/mol. The van der Waals surface area contributed by atoms with Crippen molar-refractivity contribution in [2.75, 3.05) is 0 Å². The summed E-state index contributed by atoms with van der Waals surface area (Å²) in [6, 6.07) is 27.1. The van der Waals surface area contributed by atoms with Crippen LogP contribution < -0.4 is 19.4 Å². The monoisotopic (exact) mass is 408 g/mol. The summed E-state index contributed by atoms with van der Waals surface area (Å²) in [5.74, 6) is 0. The van der Waals surface area contributed by atoms with Crippen molar-refractivity contribution in [3.63, 3.8) is 0 Å². The molecule has 4 rings (SSSR count). The predicted molar refractivity (Wildman–Crippen MR) is 126 cm³/mol. The maximum atomic E-state index is 2.49. The Morgan fingerprint density at radius 1 is 0.538 bits per heavy atom. The SMILES string of the molecule is C[Si](C)(c1ccccc1)c1cc2sc([Si](C)(C)c3ccccc3)cc2s1. The second-order valence-electron chi connectivity index (χ2n) is 7.93. The fourth-order valence-electron chi connectivity index (χ4n) is 3.45. The van der Waals surface area contributed by atoms with E-state index in [4.69, 9.17) is 0 Å². The highest BCUT2D eigenvalue weighted by Crippen LogP contribution is 2.27. The van der Waals surface area contributed by atoms with Crippen molar-refractivity contribution in [1.82, 2.24) is 0 Å². The van der Waals surface area contributed by atoms with Gasteiger partial charge in [0, 0.05) is 9.40 Å². The summed E-state index contributed by atoms with van der Waals surface area (Å²) in [6.45, 7) is 9.89. The van der Waals surface area contributed by atoms with Gasteiger partial charge in [-0.1, -0.05) is 97.2 Å². The predicted octanol–water partition coefficient (Wildman–Crippen LogP) is 4.61. The molecule has 0 fully saturated rings. The third kappa shape index (κ3) is 3.05. The minimum Gasteiger partial charge on any atom is -0.144 e. The molecule has 2 aromatic heterocycles. The van der Waals surface area contributed by atoms with Crippen LogP contribution in [0, 0.1) is 0 Å². The summed E-state index contributed by atoms with van der Waals surface area (Å²) in [5.41, 5.74) is 0. The number of rotatable bonds is 4. The van der Waals surface area contributed by atoms with Crippen LogP contribution in [-0.2, 0) is 0 Å². The number of hydrogen-bond donors (Lipinski definition) is 0. The van der Waals surface area contributed by atoms with Gasteiger partial charge in [0.15, 0.2) is 0 Å². The van der Waals surface area contributed by atoms with Crippen LogP contribution in [0.3, 0.4) is 0 Å². The molecule has 4 aromatic rings. The smallest absolute Gasteiger partial charge is 0.124 e. The van der Waals surface area contributed by atoms with E-state index in [1.54, 1.807) is 9.00 Å². The normalized spacial score (nSPS) is 12.6. The Morgan fingerprint density at radius 3 is 1.23 bits per heavy atom. The third-order valence-corrected chi connectivity index (χ3v) is 17.3. The lowest BCUT2D eigenvalue weighted by Gasteiger charge is -2.22. The second kappa shape index (κ2) is 6.61. The molecule has 26 heavy (non-hydrogen) atoms. The minimum atomic E-state index is -1.59. The molecule has 0 aliphatic carbocycles. The van der Waals surface area contributed by atoms with E-state index >= 15 is 0 Å². The first-order valence-electron chi connectivity index (χ1n) is 9.04. The van der Waals surface area contributed by atoms with Crippen molar-refractivity contribution in [1.29, 1.82) is 0 Å². The van der Waals surface area contributed by atoms with Crippen molar-refractivity contribution in [3.8, 4) is 0 Å². The largest absolute Gasteiger partial charge is 0.144 e. The van der Waals surface area contributed by atoms with E-state index in [2.05, 4.69) is 99.0 Å². The van der Waals surface area contributed by atoms with Crippen LogP contribution in [-0.4, -0.2) is 16.1 Å². The Labute approximate surface area is 166 Å². The second-order valence-corrected chi connectivity index (χ2v) is 19.6. The van der Waals surface area contributed by atoms with Gasteiger partial charge in [0.25, 0.3) is 0 Å². The summed E-state index contributed by atoms with van der Waals surface area (Å²) in [6.07, 6.45) is 0. The van der Waals surface area contributed by atoms with E-state index in [1.165, 1.54) is 19.8 Å². The van der Waals surface area contributed by atoms with Crippen molar-refractivity contribution < 1.29 is 0 Å². The quantitative estimate of drug-likeness (QED) is 0.433. The van der Waals surface area contributed by atoms with Crippen LogP contribution in [0.2, 0.25) is 26.2 Å². The number of fused-ring (bicyclic) bond motifs is 1.